The van der Waals surface area contributed by atoms with Crippen LogP contribution in [0.1, 0.15) is 0 Å². The summed E-state index contributed by atoms with van der Waals surface area (Å²) in [6.07, 6.45) is 0. The second-order valence-corrected chi connectivity index (χ2v) is 16.6. The Bertz CT molecular complexity index is 3090. The molecule has 0 fully saturated rings. The van der Waals surface area contributed by atoms with Crippen molar-refractivity contribution in [3.05, 3.63) is 200 Å². The van der Waals surface area contributed by atoms with Crippen molar-refractivity contribution < 1.29 is 0 Å². The van der Waals surface area contributed by atoms with E-state index in [0.717, 1.165) is 91.6 Å². The van der Waals surface area contributed by atoms with E-state index in [-0.39, 0.29) is 0 Å². The van der Waals surface area contributed by atoms with Gasteiger partial charge in [0, 0.05) is 27.8 Å². The minimum Gasteiger partial charge on any atom is -0.236 e. The molecule has 0 amide bonds. The molecule has 8 aromatic carbocycles. The lowest BCUT2D eigenvalue weighted by molar-refractivity contribution is 1.07. The van der Waals surface area contributed by atoms with Crippen LogP contribution in [0.3, 0.4) is 0 Å². The zero-order valence-electron chi connectivity index (χ0n) is 32.1. The number of fused-ring (bicyclic) bond motifs is 2. The molecule has 0 spiro atoms. The first-order chi connectivity index (χ1) is 29.7. The standard InChI is InChI=1S/C53H33N5S2/c1-4-14-34(15-5-1)37-24-26-38(27-25-37)49-56-50(41-29-39(35-16-6-2-7-17-35)28-40(30-41)36-18-8-3-9-19-36)58-51(57-49)42-31-43(52-54-45-20-10-12-22-47(45)59-52)33-44(32-42)53-55-46-21-11-13-23-48(46)60-53/h1-33H. The van der Waals surface area contributed by atoms with Gasteiger partial charge < -0.3 is 0 Å². The normalized spacial score (nSPS) is 11.3. The van der Waals surface area contributed by atoms with Gasteiger partial charge in [0.05, 0.1) is 20.4 Å². The van der Waals surface area contributed by atoms with Gasteiger partial charge in [-0.1, -0.05) is 140 Å². The number of thiazole rings is 2. The maximum absolute atomic E-state index is 5.33. The summed E-state index contributed by atoms with van der Waals surface area (Å²) in [6.45, 7) is 0. The van der Waals surface area contributed by atoms with Crippen LogP contribution in [-0.2, 0) is 0 Å². The van der Waals surface area contributed by atoms with Crippen LogP contribution in [0.2, 0.25) is 0 Å². The van der Waals surface area contributed by atoms with E-state index < -0.39 is 0 Å². The summed E-state index contributed by atoms with van der Waals surface area (Å²) in [5.74, 6) is 1.75. The molecule has 0 unspecified atom stereocenters. The molecule has 0 bridgehead atoms. The molecule has 0 aliphatic carbocycles. The van der Waals surface area contributed by atoms with Gasteiger partial charge in [-0.15, -0.1) is 22.7 Å². The summed E-state index contributed by atoms with van der Waals surface area (Å²) in [6, 6.07) is 69.5. The van der Waals surface area contributed by atoms with E-state index in [1.54, 1.807) is 22.7 Å². The summed E-state index contributed by atoms with van der Waals surface area (Å²) in [5, 5.41) is 1.85. The van der Waals surface area contributed by atoms with E-state index in [2.05, 4.69) is 170 Å². The summed E-state index contributed by atoms with van der Waals surface area (Å²) >= 11 is 3.36. The Morgan fingerprint density at radius 3 is 1.00 bits per heavy atom. The van der Waals surface area contributed by atoms with Crippen LogP contribution in [-0.4, -0.2) is 24.9 Å². The molecule has 0 saturated carbocycles. The number of hydrogen-bond donors (Lipinski definition) is 0. The van der Waals surface area contributed by atoms with Crippen molar-refractivity contribution in [3.63, 3.8) is 0 Å². The van der Waals surface area contributed by atoms with Gasteiger partial charge in [-0.25, -0.2) is 24.9 Å². The lowest BCUT2D eigenvalue weighted by Gasteiger charge is -2.13. The van der Waals surface area contributed by atoms with Crippen LogP contribution in [0.15, 0.2) is 200 Å². The molecule has 7 heteroatoms. The van der Waals surface area contributed by atoms with Gasteiger partial charge in [0.1, 0.15) is 10.0 Å². The van der Waals surface area contributed by atoms with Crippen LogP contribution >= 0.6 is 22.7 Å². The van der Waals surface area contributed by atoms with Gasteiger partial charge in [0.2, 0.25) is 0 Å². The van der Waals surface area contributed by atoms with Gasteiger partial charge in [0.15, 0.2) is 17.5 Å². The fourth-order valence-corrected chi connectivity index (χ4v) is 9.46. The average Bonchev–Trinajstić information content (AvgIpc) is 3.98. The van der Waals surface area contributed by atoms with Crippen molar-refractivity contribution in [2.75, 3.05) is 0 Å². The second-order valence-electron chi connectivity index (χ2n) is 14.6. The van der Waals surface area contributed by atoms with Crippen molar-refractivity contribution in [3.8, 4) is 88.7 Å². The number of benzene rings is 8. The third-order valence-corrected chi connectivity index (χ3v) is 12.7. The monoisotopic (exact) mass is 803 g/mol. The lowest BCUT2D eigenvalue weighted by Crippen LogP contribution is -2.01. The Balaban J connectivity index is 1.13. The fourth-order valence-electron chi connectivity index (χ4n) is 7.55. The topological polar surface area (TPSA) is 64.5 Å². The van der Waals surface area contributed by atoms with E-state index in [9.17, 15) is 0 Å². The quantitative estimate of drug-likeness (QED) is 0.153. The number of aromatic nitrogens is 5. The third-order valence-electron chi connectivity index (χ3n) is 10.6. The highest BCUT2D eigenvalue weighted by molar-refractivity contribution is 7.22. The molecule has 5 nitrogen and oxygen atoms in total. The van der Waals surface area contributed by atoms with E-state index in [0.29, 0.717) is 17.5 Å². The first-order valence-electron chi connectivity index (χ1n) is 19.7. The van der Waals surface area contributed by atoms with Crippen molar-refractivity contribution >= 4 is 43.1 Å². The Labute approximate surface area is 355 Å². The van der Waals surface area contributed by atoms with Crippen LogP contribution in [0.25, 0.3) is 109 Å². The number of nitrogens with zero attached hydrogens (tertiary/aromatic N) is 5. The van der Waals surface area contributed by atoms with Gasteiger partial charge >= 0.3 is 0 Å². The predicted molar refractivity (Wildman–Crippen MR) is 250 cm³/mol. The van der Waals surface area contributed by atoms with Gasteiger partial charge in [-0.05, 0) is 94.0 Å². The molecule has 0 atom stereocenters. The van der Waals surface area contributed by atoms with Crippen LogP contribution < -0.4 is 0 Å². The Morgan fingerprint density at radius 2 is 0.550 bits per heavy atom. The minimum atomic E-state index is 0.568. The Kier molecular flexibility index (Phi) is 9.15. The van der Waals surface area contributed by atoms with E-state index >= 15 is 0 Å². The molecule has 3 heterocycles. The Morgan fingerprint density at radius 1 is 0.233 bits per heavy atom. The summed E-state index contributed by atoms with van der Waals surface area (Å²) in [7, 11) is 0. The highest BCUT2D eigenvalue weighted by atomic mass is 32.1. The number of rotatable bonds is 8. The molecule has 60 heavy (non-hydrogen) atoms. The highest BCUT2D eigenvalue weighted by Gasteiger charge is 2.19. The SMILES string of the molecule is c1ccc(-c2ccc(-c3nc(-c4cc(-c5ccccc5)cc(-c5ccccc5)c4)nc(-c4cc(-c5nc6ccccc6s5)cc(-c5nc6ccccc6s5)c4)n3)cc2)cc1. The Hall–Kier alpha value is -7.45. The van der Waals surface area contributed by atoms with Gasteiger partial charge in [-0.3, -0.25) is 0 Å². The third kappa shape index (κ3) is 7.06. The van der Waals surface area contributed by atoms with Crippen LogP contribution in [0.5, 0.6) is 0 Å². The van der Waals surface area contributed by atoms with E-state index in [4.69, 9.17) is 24.9 Å². The molecule has 11 aromatic rings. The molecule has 0 radical (unpaired) electrons. The average molecular weight is 804 g/mol. The van der Waals surface area contributed by atoms with Gasteiger partial charge in [0.25, 0.3) is 0 Å². The van der Waals surface area contributed by atoms with Crippen molar-refractivity contribution in [1.82, 2.24) is 24.9 Å². The van der Waals surface area contributed by atoms with Crippen LogP contribution in [0, 0.1) is 0 Å². The summed E-state index contributed by atoms with van der Waals surface area (Å²) < 4.78 is 2.27. The molecule has 0 N–H and O–H groups in total. The molecular formula is C53H33N5S2. The zero-order chi connectivity index (χ0) is 39.8. The van der Waals surface area contributed by atoms with Gasteiger partial charge in [-0.2, -0.15) is 0 Å². The molecule has 0 aliphatic rings. The molecule has 0 aliphatic heterocycles. The number of para-hydroxylation sites is 2. The van der Waals surface area contributed by atoms with Crippen molar-refractivity contribution in [1.29, 1.82) is 0 Å². The minimum absolute atomic E-state index is 0.568. The predicted octanol–water partition coefficient (Wildman–Crippen LogP) is 14.4. The molecular weight excluding hydrogens is 771 g/mol. The maximum atomic E-state index is 5.33. The summed E-state index contributed by atoms with van der Waals surface area (Å²) in [4.78, 5) is 26.0. The second kappa shape index (κ2) is 15.4. The van der Waals surface area contributed by atoms with Crippen LogP contribution in [0.4, 0.5) is 0 Å². The zero-order valence-corrected chi connectivity index (χ0v) is 33.7. The van der Waals surface area contributed by atoms with E-state index in [1.165, 1.54) is 0 Å². The molecule has 282 valence electrons. The fraction of sp³-hybridized carbons (Fsp3) is 0. The first kappa shape index (κ1) is 35.7. The smallest absolute Gasteiger partial charge is 0.164 e. The van der Waals surface area contributed by atoms with Crippen molar-refractivity contribution in [2.24, 2.45) is 0 Å². The van der Waals surface area contributed by atoms with Crippen molar-refractivity contribution in [2.45, 2.75) is 0 Å². The highest BCUT2D eigenvalue weighted by Crippen LogP contribution is 2.39. The largest absolute Gasteiger partial charge is 0.236 e. The van der Waals surface area contributed by atoms with E-state index in [1.807, 2.05) is 30.3 Å². The number of hydrogen-bond acceptors (Lipinski definition) is 7. The molecule has 3 aromatic heterocycles. The summed E-state index contributed by atoms with van der Waals surface area (Å²) in [5.41, 5.74) is 13.2. The first-order valence-corrected chi connectivity index (χ1v) is 21.4. The molecule has 11 rings (SSSR count). The lowest BCUT2D eigenvalue weighted by atomic mass is 9.96. The molecule has 0 saturated heterocycles. The maximum Gasteiger partial charge on any atom is 0.164 e.